The predicted octanol–water partition coefficient (Wildman–Crippen LogP) is 2.23. The Labute approximate surface area is 155 Å². The van der Waals surface area contributed by atoms with Crippen molar-refractivity contribution in [3.63, 3.8) is 0 Å². The third-order valence-electron chi connectivity index (χ3n) is 5.12. The minimum Gasteiger partial charge on any atom is -0.312 e. The van der Waals surface area contributed by atoms with Gasteiger partial charge >= 0.3 is 5.69 Å². The summed E-state index contributed by atoms with van der Waals surface area (Å²) in [6.45, 7) is 0. The highest BCUT2D eigenvalue weighted by molar-refractivity contribution is 5.94. The third kappa shape index (κ3) is 2.79. The van der Waals surface area contributed by atoms with E-state index < -0.39 is 5.69 Å². The average Bonchev–Trinajstić information content (AvgIpc) is 2.71. The van der Waals surface area contributed by atoms with E-state index in [1.165, 1.54) is 11.6 Å². The molecule has 1 aromatic heterocycles. The maximum Gasteiger partial charge on any atom is 0.332 e. The van der Waals surface area contributed by atoms with E-state index in [9.17, 15) is 14.4 Å². The van der Waals surface area contributed by atoms with E-state index >= 15 is 0 Å². The second-order valence-electron chi connectivity index (χ2n) is 6.76. The zero-order valence-corrected chi connectivity index (χ0v) is 15.1. The standard InChI is InChI=1S/C21H19N3O3/c1-23-19-18(20(26)24(2)21(23)27)16(12-17(25)22-19)15-10-8-14(9-11-15)13-6-4-3-5-7-13/h3-11,16H,12H2,1-2H3,(H,22,25)/t16-/m1/s1. The molecule has 27 heavy (non-hydrogen) atoms. The number of aromatic nitrogens is 2. The van der Waals surface area contributed by atoms with Crippen LogP contribution in [0.2, 0.25) is 0 Å². The first-order valence-corrected chi connectivity index (χ1v) is 8.72. The molecule has 2 heterocycles. The summed E-state index contributed by atoms with van der Waals surface area (Å²) in [6, 6.07) is 17.9. The molecule has 6 heteroatoms. The molecule has 1 amide bonds. The van der Waals surface area contributed by atoms with E-state index in [-0.39, 0.29) is 29.6 Å². The van der Waals surface area contributed by atoms with Gasteiger partial charge in [0.25, 0.3) is 5.56 Å². The molecule has 0 aliphatic carbocycles. The van der Waals surface area contributed by atoms with Crippen LogP contribution in [0.4, 0.5) is 5.82 Å². The molecule has 1 N–H and O–H groups in total. The highest BCUT2D eigenvalue weighted by Crippen LogP contribution is 2.34. The van der Waals surface area contributed by atoms with Gasteiger partial charge in [-0.05, 0) is 16.7 Å². The topological polar surface area (TPSA) is 73.1 Å². The van der Waals surface area contributed by atoms with Crippen molar-refractivity contribution >= 4 is 11.7 Å². The molecule has 2 aromatic carbocycles. The van der Waals surface area contributed by atoms with Gasteiger partial charge in [0.15, 0.2) is 0 Å². The van der Waals surface area contributed by atoms with Crippen LogP contribution in [0.25, 0.3) is 11.1 Å². The minimum absolute atomic E-state index is 0.172. The fraction of sp³-hybridized carbons (Fsp3) is 0.190. The molecule has 136 valence electrons. The van der Waals surface area contributed by atoms with Gasteiger partial charge in [-0.3, -0.25) is 18.7 Å². The zero-order chi connectivity index (χ0) is 19.1. The normalized spacial score (nSPS) is 15.9. The van der Waals surface area contributed by atoms with E-state index in [1.807, 2.05) is 54.6 Å². The van der Waals surface area contributed by atoms with Crippen molar-refractivity contribution in [3.05, 3.63) is 86.6 Å². The van der Waals surface area contributed by atoms with Crippen LogP contribution in [0.1, 0.15) is 23.5 Å². The number of nitrogens with zero attached hydrogens (tertiary/aromatic N) is 2. The first-order chi connectivity index (χ1) is 13.0. The summed E-state index contributed by atoms with van der Waals surface area (Å²) in [5.74, 6) is -0.302. The fourth-order valence-electron chi connectivity index (χ4n) is 3.63. The van der Waals surface area contributed by atoms with E-state index in [0.29, 0.717) is 5.56 Å². The number of rotatable bonds is 2. The van der Waals surface area contributed by atoms with Gasteiger partial charge < -0.3 is 5.32 Å². The predicted molar refractivity (Wildman–Crippen MR) is 104 cm³/mol. The molecule has 1 atom stereocenters. The van der Waals surface area contributed by atoms with Crippen molar-refractivity contribution in [2.75, 3.05) is 5.32 Å². The van der Waals surface area contributed by atoms with Crippen LogP contribution in [0.5, 0.6) is 0 Å². The monoisotopic (exact) mass is 361 g/mol. The lowest BCUT2D eigenvalue weighted by Gasteiger charge is -2.27. The number of fused-ring (bicyclic) bond motifs is 1. The Kier molecular flexibility index (Phi) is 4.03. The van der Waals surface area contributed by atoms with Crippen molar-refractivity contribution in [2.45, 2.75) is 12.3 Å². The Morgan fingerprint density at radius 2 is 1.48 bits per heavy atom. The molecule has 1 aliphatic heterocycles. The summed E-state index contributed by atoms with van der Waals surface area (Å²) in [7, 11) is 3.01. The van der Waals surface area contributed by atoms with Crippen molar-refractivity contribution in [1.29, 1.82) is 0 Å². The molecular formula is C21H19N3O3. The number of nitrogens with one attached hydrogen (secondary N) is 1. The van der Waals surface area contributed by atoms with Crippen molar-refractivity contribution in [3.8, 4) is 11.1 Å². The van der Waals surface area contributed by atoms with Crippen LogP contribution in [-0.2, 0) is 18.9 Å². The van der Waals surface area contributed by atoms with Crippen LogP contribution in [0.15, 0.2) is 64.2 Å². The van der Waals surface area contributed by atoms with Gasteiger partial charge in [0.1, 0.15) is 5.82 Å². The molecule has 1 aliphatic rings. The number of carbonyl (C=O) groups excluding carboxylic acids is 1. The lowest BCUT2D eigenvalue weighted by atomic mass is 9.86. The average molecular weight is 361 g/mol. The molecule has 6 nitrogen and oxygen atoms in total. The summed E-state index contributed by atoms with van der Waals surface area (Å²) in [5.41, 5.74) is 2.66. The maximum atomic E-state index is 12.8. The Bertz CT molecular complexity index is 1140. The summed E-state index contributed by atoms with van der Waals surface area (Å²) < 4.78 is 2.40. The zero-order valence-electron chi connectivity index (χ0n) is 15.1. The molecule has 0 fully saturated rings. The smallest absolute Gasteiger partial charge is 0.312 e. The number of hydrogen-bond acceptors (Lipinski definition) is 3. The summed E-state index contributed by atoms with van der Waals surface area (Å²) >= 11 is 0. The molecule has 0 saturated heterocycles. The second-order valence-corrected chi connectivity index (χ2v) is 6.76. The number of carbonyl (C=O) groups is 1. The van der Waals surface area contributed by atoms with Gasteiger partial charge in [0.05, 0.1) is 5.56 Å². The first-order valence-electron chi connectivity index (χ1n) is 8.72. The van der Waals surface area contributed by atoms with Gasteiger partial charge in [0.2, 0.25) is 5.91 Å². The SMILES string of the molecule is Cn1c2c(c(=O)n(C)c1=O)[C@@H](c1ccc(-c3ccccc3)cc1)CC(=O)N2. The molecule has 0 unspecified atom stereocenters. The highest BCUT2D eigenvalue weighted by Gasteiger charge is 2.32. The Morgan fingerprint density at radius 1 is 0.852 bits per heavy atom. The number of benzene rings is 2. The van der Waals surface area contributed by atoms with Gasteiger partial charge in [-0.15, -0.1) is 0 Å². The summed E-state index contributed by atoms with van der Waals surface area (Å²) in [5, 5.41) is 2.68. The molecule has 3 aromatic rings. The Morgan fingerprint density at radius 3 is 2.15 bits per heavy atom. The molecule has 0 spiro atoms. The third-order valence-corrected chi connectivity index (χ3v) is 5.12. The van der Waals surface area contributed by atoms with E-state index in [0.717, 1.165) is 21.3 Å². The van der Waals surface area contributed by atoms with Crippen LogP contribution in [0.3, 0.4) is 0 Å². The number of amides is 1. The number of anilines is 1. The van der Waals surface area contributed by atoms with Gasteiger partial charge in [0, 0.05) is 26.4 Å². The highest BCUT2D eigenvalue weighted by atomic mass is 16.2. The number of hydrogen-bond donors (Lipinski definition) is 1. The summed E-state index contributed by atoms with van der Waals surface area (Å²) in [4.78, 5) is 37.2. The molecule has 0 radical (unpaired) electrons. The molecular weight excluding hydrogens is 342 g/mol. The lowest BCUT2D eigenvalue weighted by Crippen LogP contribution is -2.44. The molecule has 0 bridgehead atoms. The summed E-state index contributed by atoms with van der Waals surface area (Å²) in [6.07, 6.45) is 0.172. The quantitative estimate of drug-likeness (QED) is 0.761. The Hall–Kier alpha value is -3.41. The van der Waals surface area contributed by atoms with Gasteiger partial charge in [-0.1, -0.05) is 54.6 Å². The fourth-order valence-corrected chi connectivity index (χ4v) is 3.63. The van der Waals surface area contributed by atoms with Gasteiger partial charge in [-0.25, -0.2) is 4.79 Å². The van der Waals surface area contributed by atoms with Crippen molar-refractivity contribution in [2.24, 2.45) is 14.1 Å². The van der Waals surface area contributed by atoms with Crippen LogP contribution < -0.4 is 16.6 Å². The Balaban J connectivity index is 1.83. The van der Waals surface area contributed by atoms with Crippen LogP contribution in [0, 0.1) is 0 Å². The molecule has 0 saturated carbocycles. The van der Waals surface area contributed by atoms with Crippen LogP contribution >= 0.6 is 0 Å². The van der Waals surface area contributed by atoms with E-state index in [1.54, 1.807) is 7.05 Å². The maximum absolute atomic E-state index is 12.8. The van der Waals surface area contributed by atoms with Crippen molar-refractivity contribution < 1.29 is 4.79 Å². The van der Waals surface area contributed by atoms with E-state index in [2.05, 4.69) is 5.32 Å². The second kappa shape index (κ2) is 6.39. The lowest BCUT2D eigenvalue weighted by molar-refractivity contribution is -0.116. The minimum atomic E-state index is -0.459. The molecule has 4 rings (SSSR count). The van der Waals surface area contributed by atoms with E-state index in [4.69, 9.17) is 0 Å². The van der Waals surface area contributed by atoms with Crippen molar-refractivity contribution in [1.82, 2.24) is 9.13 Å². The largest absolute Gasteiger partial charge is 0.332 e. The van der Waals surface area contributed by atoms with Crippen LogP contribution in [-0.4, -0.2) is 15.0 Å². The first kappa shape index (κ1) is 17.0. The van der Waals surface area contributed by atoms with Gasteiger partial charge in [-0.2, -0.15) is 0 Å².